The van der Waals surface area contributed by atoms with Crippen molar-refractivity contribution in [3.05, 3.63) is 65.4 Å². The molecule has 0 spiro atoms. The van der Waals surface area contributed by atoms with E-state index in [-0.39, 0.29) is 23.8 Å². The van der Waals surface area contributed by atoms with E-state index >= 15 is 0 Å². The Morgan fingerprint density at radius 1 is 1.00 bits per heavy atom. The Hall–Kier alpha value is -3.81. The molecular formula is C27H34N4O4. The fourth-order valence-electron chi connectivity index (χ4n) is 3.52. The van der Waals surface area contributed by atoms with Gasteiger partial charge in [0.05, 0.1) is 25.6 Å². The van der Waals surface area contributed by atoms with Crippen molar-refractivity contribution in [2.45, 2.75) is 40.0 Å². The average Bonchev–Trinajstić information content (AvgIpc) is 3.26. The number of nitrogens with zero attached hydrogens (tertiary/aromatic N) is 3. The van der Waals surface area contributed by atoms with Crippen LogP contribution < -0.4 is 14.8 Å². The maximum atomic E-state index is 13.2. The van der Waals surface area contributed by atoms with Gasteiger partial charge in [-0.2, -0.15) is 5.10 Å². The van der Waals surface area contributed by atoms with Gasteiger partial charge in [0.1, 0.15) is 23.9 Å². The van der Waals surface area contributed by atoms with Crippen LogP contribution in [0.2, 0.25) is 0 Å². The lowest BCUT2D eigenvalue weighted by atomic mass is 9.92. The molecule has 0 radical (unpaired) electrons. The molecule has 0 fully saturated rings. The highest BCUT2D eigenvalue weighted by molar-refractivity contribution is 5.99. The number of anilines is 1. The zero-order chi connectivity index (χ0) is 25.8. The van der Waals surface area contributed by atoms with Crippen LogP contribution in [0.25, 0.3) is 5.69 Å². The van der Waals surface area contributed by atoms with E-state index < -0.39 is 0 Å². The molecule has 3 rings (SSSR count). The minimum absolute atomic E-state index is 0.112. The van der Waals surface area contributed by atoms with Crippen molar-refractivity contribution < 1.29 is 19.1 Å². The highest BCUT2D eigenvalue weighted by Gasteiger charge is 2.23. The fourth-order valence-corrected chi connectivity index (χ4v) is 3.52. The van der Waals surface area contributed by atoms with Crippen molar-refractivity contribution in [2.75, 3.05) is 32.6 Å². The molecular weight excluding hydrogens is 444 g/mol. The Balaban J connectivity index is 1.84. The Bertz CT molecular complexity index is 1170. The SMILES string of the molecule is CCN(CC(=O)Nc1cc(C(C)(C)C)nn1-c1ccc(C)cc1)C(=O)c1cc(OC)cc(OC)c1. The van der Waals surface area contributed by atoms with E-state index in [1.165, 1.54) is 19.1 Å². The zero-order valence-corrected chi connectivity index (χ0v) is 21.5. The number of carbonyl (C=O) groups is 2. The van der Waals surface area contributed by atoms with Crippen molar-refractivity contribution in [3.8, 4) is 17.2 Å². The first-order chi connectivity index (χ1) is 16.5. The molecule has 3 aromatic rings. The largest absolute Gasteiger partial charge is 0.497 e. The second-order valence-corrected chi connectivity index (χ2v) is 9.38. The summed E-state index contributed by atoms with van der Waals surface area (Å²) in [6.45, 7) is 10.3. The Morgan fingerprint density at radius 3 is 2.11 bits per heavy atom. The normalized spacial score (nSPS) is 11.2. The molecule has 1 heterocycles. The van der Waals surface area contributed by atoms with Gasteiger partial charge in [-0.25, -0.2) is 4.68 Å². The molecule has 0 aliphatic heterocycles. The number of benzene rings is 2. The van der Waals surface area contributed by atoms with Crippen molar-refractivity contribution in [2.24, 2.45) is 0 Å². The van der Waals surface area contributed by atoms with Gasteiger partial charge in [0.15, 0.2) is 0 Å². The molecule has 0 saturated heterocycles. The predicted molar refractivity (Wildman–Crippen MR) is 137 cm³/mol. The number of nitrogens with one attached hydrogen (secondary N) is 1. The first-order valence-electron chi connectivity index (χ1n) is 11.6. The van der Waals surface area contributed by atoms with Crippen LogP contribution in [0.4, 0.5) is 5.82 Å². The van der Waals surface area contributed by atoms with Gasteiger partial charge in [-0.3, -0.25) is 9.59 Å². The number of likely N-dealkylation sites (N-methyl/N-ethyl adjacent to an activating group) is 1. The van der Waals surface area contributed by atoms with E-state index in [0.29, 0.717) is 29.4 Å². The summed E-state index contributed by atoms with van der Waals surface area (Å²) < 4.78 is 12.3. The summed E-state index contributed by atoms with van der Waals surface area (Å²) in [5, 5.41) is 7.70. The van der Waals surface area contributed by atoms with E-state index in [0.717, 1.165) is 16.9 Å². The maximum absolute atomic E-state index is 13.2. The van der Waals surface area contributed by atoms with E-state index in [2.05, 4.69) is 26.1 Å². The number of hydrogen-bond donors (Lipinski definition) is 1. The second-order valence-electron chi connectivity index (χ2n) is 9.38. The molecule has 2 amide bonds. The zero-order valence-electron chi connectivity index (χ0n) is 21.5. The first kappa shape index (κ1) is 25.8. The highest BCUT2D eigenvalue weighted by atomic mass is 16.5. The maximum Gasteiger partial charge on any atom is 0.254 e. The molecule has 1 N–H and O–H groups in total. The van der Waals surface area contributed by atoms with Crippen LogP contribution in [0.3, 0.4) is 0 Å². The van der Waals surface area contributed by atoms with Crippen LogP contribution in [0.5, 0.6) is 11.5 Å². The number of carbonyl (C=O) groups excluding carboxylic acids is 2. The van der Waals surface area contributed by atoms with E-state index in [4.69, 9.17) is 14.6 Å². The van der Waals surface area contributed by atoms with Gasteiger partial charge in [0.2, 0.25) is 5.91 Å². The van der Waals surface area contributed by atoms with Crippen molar-refractivity contribution in [1.29, 1.82) is 0 Å². The van der Waals surface area contributed by atoms with Crippen molar-refractivity contribution in [3.63, 3.8) is 0 Å². The molecule has 8 nitrogen and oxygen atoms in total. The average molecular weight is 479 g/mol. The third kappa shape index (κ3) is 6.20. The van der Waals surface area contributed by atoms with Crippen LogP contribution >= 0.6 is 0 Å². The quantitative estimate of drug-likeness (QED) is 0.512. The van der Waals surface area contributed by atoms with Crippen LogP contribution in [-0.4, -0.2) is 53.8 Å². The van der Waals surface area contributed by atoms with Crippen LogP contribution in [0, 0.1) is 6.92 Å². The summed E-state index contributed by atoms with van der Waals surface area (Å²) in [5.74, 6) is 0.955. The molecule has 186 valence electrons. The van der Waals surface area contributed by atoms with Gasteiger partial charge >= 0.3 is 0 Å². The van der Waals surface area contributed by atoms with Crippen LogP contribution in [-0.2, 0) is 10.2 Å². The number of hydrogen-bond acceptors (Lipinski definition) is 5. The van der Waals surface area contributed by atoms with Crippen molar-refractivity contribution >= 4 is 17.6 Å². The standard InChI is InChI=1S/C27H34N4O4/c1-8-30(26(33)19-13-21(34-6)15-22(14-19)35-7)17-25(32)28-24-16-23(27(3,4)5)29-31(24)20-11-9-18(2)10-12-20/h9-16H,8,17H2,1-7H3,(H,28,32). The molecule has 35 heavy (non-hydrogen) atoms. The molecule has 0 aliphatic rings. The summed E-state index contributed by atoms with van der Waals surface area (Å²) >= 11 is 0. The molecule has 1 aromatic heterocycles. The highest BCUT2D eigenvalue weighted by Crippen LogP contribution is 2.27. The molecule has 2 aromatic carbocycles. The Morgan fingerprint density at radius 2 is 1.60 bits per heavy atom. The molecule has 0 atom stereocenters. The summed E-state index contributed by atoms with van der Waals surface area (Å²) in [4.78, 5) is 27.7. The summed E-state index contributed by atoms with van der Waals surface area (Å²) in [6.07, 6.45) is 0. The van der Waals surface area contributed by atoms with E-state index in [1.807, 2.05) is 44.2 Å². The fraction of sp³-hybridized carbons (Fsp3) is 0.370. The van der Waals surface area contributed by atoms with Crippen LogP contribution in [0.1, 0.15) is 49.3 Å². The molecule has 0 bridgehead atoms. The molecule has 0 unspecified atom stereocenters. The van der Waals surface area contributed by atoms with Gasteiger partial charge in [0.25, 0.3) is 5.91 Å². The van der Waals surface area contributed by atoms with Crippen LogP contribution in [0.15, 0.2) is 48.5 Å². The minimum atomic E-state index is -0.316. The lowest BCUT2D eigenvalue weighted by Gasteiger charge is -2.21. The van der Waals surface area contributed by atoms with Crippen molar-refractivity contribution in [1.82, 2.24) is 14.7 Å². The number of rotatable bonds is 8. The lowest BCUT2D eigenvalue weighted by molar-refractivity contribution is -0.116. The smallest absolute Gasteiger partial charge is 0.254 e. The van der Waals surface area contributed by atoms with Gasteiger partial charge in [0, 0.05) is 29.7 Å². The number of ether oxygens (including phenoxy) is 2. The van der Waals surface area contributed by atoms with E-state index in [9.17, 15) is 9.59 Å². The lowest BCUT2D eigenvalue weighted by Crippen LogP contribution is -2.38. The third-order valence-corrected chi connectivity index (χ3v) is 5.63. The number of amides is 2. The summed E-state index contributed by atoms with van der Waals surface area (Å²) in [7, 11) is 3.05. The first-order valence-corrected chi connectivity index (χ1v) is 11.6. The third-order valence-electron chi connectivity index (χ3n) is 5.63. The summed E-state index contributed by atoms with van der Waals surface area (Å²) in [6, 6.07) is 14.8. The predicted octanol–water partition coefficient (Wildman–Crippen LogP) is 4.60. The monoisotopic (exact) mass is 478 g/mol. The van der Waals surface area contributed by atoms with Gasteiger partial charge < -0.3 is 19.7 Å². The molecule has 0 saturated carbocycles. The number of methoxy groups -OCH3 is 2. The number of aromatic nitrogens is 2. The van der Waals surface area contributed by atoms with E-state index in [1.54, 1.807) is 22.9 Å². The Labute approximate surface area is 206 Å². The second kappa shape index (κ2) is 10.6. The molecule has 8 heteroatoms. The van der Waals surface area contributed by atoms with Gasteiger partial charge in [-0.05, 0) is 38.1 Å². The summed E-state index contributed by atoms with van der Waals surface area (Å²) in [5.41, 5.74) is 3.00. The minimum Gasteiger partial charge on any atom is -0.497 e. The topological polar surface area (TPSA) is 85.7 Å². The Kier molecular flexibility index (Phi) is 7.84. The van der Waals surface area contributed by atoms with Gasteiger partial charge in [-0.1, -0.05) is 38.5 Å². The number of aryl methyl sites for hydroxylation is 1. The molecule has 0 aliphatic carbocycles. The van der Waals surface area contributed by atoms with Gasteiger partial charge in [-0.15, -0.1) is 0 Å².